The summed E-state index contributed by atoms with van der Waals surface area (Å²) < 4.78 is 6.00. The molecule has 33 heavy (non-hydrogen) atoms. The Hall–Kier alpha value is -4.01. The summed E-state index contributed by atoms with van der Waals surface area (Å²) in [6, 6.07) is 8.90. The van der Waals surface area contributed by atoms with Gasteiger partial charge in [-0.05, 0) is 49.7 Å². The number of pyridine rings is 1. The largest absolute Gasteiger partial charge is 0.493 e. The summed E-state index contributed by atoms with van der Waals surface area (Å²) in [5.41, 5.74) is 3.66. The van der Waals surface area contributed by atoms with Gasteiger partial charge in [0.2, 0.25) is 5.91 Å². The molecule has 1 aliphatic heterocycles. The minimum atomic E-state index is -0.430. The van der Waals surface area contributed by atoms with Crippen LogP contribution in [0, 0.1) is 19.3 Å². The number of aryl methyl sites for hydroxylation is 2. The molecule has 2 aromatic heterocycles. The number of rotatable bonds is 6. The minimum absolute atomic E-state index is 0.0597. The molecule has 3 heterocycles. The van der Waals surface area contributed by atoms with Gasteiger partial charge in [0, 0.05) is 29.6 Å². The summed E-state index contributed by atoms with van der Waals surface area (Å²) in [5, 5.41) is 8.26. The van der Waals surface area contributed by atoms with Gasteiger partial charge in [-0.15, -0.1) is 0 Å². The standard InChI is InChI=1S/C24H26N6O3/c1-15-8-17(5-7-20(15)33-14-24(3)9-22(31)27-13-24)19-11-25-12-21(29-19)30-23(32)28-18-6-4-16(2)26-10-18/h4-8,10-12H,9,13-14H2,1-3H3,(H,27,31)(H2,28,29,30,32)/t24-/m0/s1. The summed E-state index contributed by atoms with van der Waals surface area (Å²) in [6.07, 6.45) is 5.18. The number of benzene rings is 1. The molecule has 9 nitrogen and oxygen atoms in total. The molecule has 170 valence electrons. The zero-order valence-corrected chi connectivity index (χ0v) is 18.8. The van der Waals surface area contributed by atoms with Gasteiger partial charge in [0.1, 0.15) is 5.75 Å². The van der Waals surface area contributed by atoms with E-state index in [9.17, 15) is 9.59 Å². The second-order valence-corrected chi connectivity index (χ2v) is 8.59. The monoisotopic (exact) mass is 446 g/mol. The number of hydrogen-bond donors (Lipinski definition) is 3. The Balaban J connectivity index is 1.41. The highest BCUT2D eigenvalue weighted by atomic mass is 16.5. The van der Waals surface area contributed by atoms with Gasteiger partial charge in [-0.25, -0.2) is 9.78 Å². The molecule has 0 saturated carbocycles. The van der Waals surface area contributed by atoms with Crippen molar-refractivity contribution >= 4 is 23.4 Å². The highest BCUT2D eigenvalue weighted by Gasteiger charge is 2.34. The van der Waals surface area contributed by atoms with Crippen molar-refractivity contribution in [2.24, 2.45) is 5.41 Å². The van der Waals surface area contributed by atoms with Gasteiger partial charge in [0.15, 0.2) is 5.82 Å². The number of amides is 3. The fourth-order valence-corrected chi connectivity index (χ4v) is 3.54. The molecular formula is C24H26N6O3. The Labute approximate surface area is 192 Å². The molecule has 1 fully saturated rings. The average Bonchev–Trinajstić information content (AvgIpc) is 3.13. The summed E-state index contributed by atoms with van der Waals surface area (Å²) in [6.45, 7) is 6.94. The van der Waals surface area contributed by atoms with E-state index < -0.39 is 6.03 Å². The number of carbonyl (C=O) groups is 2. The van der Waals surface area contributed by atoms with Crippen LogP contribution in [-0.4, -0.2) is 40.0 Å². The van der Waals surface area contributed by atoms with Crippen molar-refractivity contribution in [2.75, 3.05) is 23.8 Å². The molecular weight excluding hydrogens is 420 g/mol. The lowest BCUT2D eigenvalue weighted by Gasteiger charge is -2.22. The molecule has 3 aromatic rings. The number of nitrogens with zero attached hydrogens (tertiary/aromatic N) is 3. The molecule has 3 N–H and O–H groups in total. The van der Waals surface area contributed by atoms with Crippen molar-refractivity contribution in [1.29, 1.82) is 0 Å². The maximum absolute atomic E-state index is 12.3. The van der Waals surface area contributed by atoms with E-state index in [1.165, 1.54) is 6.20 Å². The smallest absolute Gasteiger partial charge is 0.324 e. The van der Waals surface area contributed by atoms with Crippen molar-refractivity contribution in [3.8, 4) is 17.0 Å². The number of nitrogens with one attached hydrogen (secondary N) is 3. The number of anilines is 2. The molecule has 0 bridgehead atoms. The highest BCUT2D eigenvalue weighted by Crippen LogP contribution is 2.30. The first-order chi connectivity index (χ1) is 15.8. The van der Waals surface area contributed by atoms with Gasteiger partial charge in [0.05, 0.1) is 36.6 Å². The van der Waals surface area contributed by atoms with E-state index in [1.54, 1.807) is 18.5 Å². The van der Waals surface area contributed by atoms with E-state index in [-0.39, 0.29) is 11.3 Å². The zero-order chi connectivity index (χ0) is 23.4. The first-order valence-corrected chi connectivity index (χ1v) is 10.6. The van der Waals surface area contributed by atoms with Gasteiger partial charge < -0.3 is 15.4 Å². The van der Waals surface area contributed by atoms with Crippen molar-refractivity contribution in [2.45, 2.75) is 27.2 Å². The summed E-state index contributed by atoms with van der Waals surface area (Å²) in [5.74, 6) is 1.14. The van der Waals surface area contributed by atoms with Crippen molar-refractivity contribution in [3.63, 3.8) is 0 Å². The fourth-order valence-electron chi connectivity index (χ4n) is 3.54. The van der Waals surface area contributed by atoms with Crippen molar-refractivity contribution < 1.29 is 14.3 Å². The number of hydrogen-bond acceptors (Lipinski definition) is 6. The van der Waals surface area contributed by atoms with E-state index in [0.717, 1.165) is 22.6 Å². The fraction of sp³-hybridized carbons (Fsp3) is 0.292. The Morgan fingerprint density at radius 1 is 1.15 bits per heavy atom. The van der Waals surface area contributed by atoms with Gasteiger partial charge >= 0.3 is 6.03 Å². The second-order valence-electron chi connectivity index (χ2n) is 8.59. The first-order valence-electron chi connectivity index (χ1n) is 10.6. The maximum Gasteiger partial charge on any atom is 0.324 e. The summed E-state index contributed by atoms with van der Waals surface area (Å²) >= 11 is 0. The molecule has 9 heteroatoms. The van der Waals surface area contributed by atoms with E-state index >= 15 is 0 Å². The van der Waals surface area contributed by atoms with Gasteiger partial charge in [-0.1, -0.05) is 6.92 Å². The molecule has 1 aliphatic rings. The van der Waals surface area contributed by atoms with Crippen molar-refractivity contribution in [1.82, 2.24) is 20.3 Å². The van der Waals surface area contributed by atoms with E-state index in [0.29, 0.717) is 36.8 Å². The Morgan fingerprint density at radius 3 is 2.70 bits per heavy atom. The van der Waals surface area contributed by atoms with Gasteiger partial charge in [-0.2, -0.15) is 0 Å². The average molecular weight is 447 g/mol. The highest BCUT2D eigenvalue weighted by molar-refractivity contribution is 5.99. The normalized spacial score (nSPS) is 17.4. The third-order valence-electron chi connectivity index (χ3n) is 5.39. The topological polar surface area (TPSA) is 118 Å². The number of aromatic nitrogens is 3. The molecule has 1 aromatic carbocycles. The van der Waals surface area contributed by atoms with Crippen LogP contribution in [0.5, 0.6) is 5.75 Å². The van der Waals surface area contributed by atoms with Crippen LogP contribution in [0.1, 0.15) is 24.6 Å². The molecule has 1 atom stereocenters. The third kappa shape index (κ3) is 5.62. The molecule has 4 rings (SSSR count). The quantitative estimate of drug-likeness (QED) is 0.531. The number of carbonyl (C=O) groups excluding carboxylic acids is 2. The van der Waals surface area contributed by atoms with Gasteiger partial charge in [-0.3, -0.25) is 20.1 Å². The molecule has 0 unspecified atom stereocenters. The minimum Gasteiger partial charge on any atom is -0.493 e. The van der Waals surface area contributed by atoms with Crippen LogP contribution < -0.4 is 20.7 Å². The molecule has 0 aliphatic carbocycles. The van der Waals surface area contributed by atoms with Crippen LogP contribution in [-0.2, 0) is 4.79 Å². The first kappa shape index (κ1) is 22.2. The Kier molecular flexibility index (Phi) is 6.21. The Morgan fingerprint density at radius 2 is 2.00 bits per heavy atom. The number of ether oxygens (including phenoxy) is 1. The lowest BCUT2D eigenvalue weighted by Crippen LogP contribution is -2.27. The van der Waals surface area contributed by atoms with Crippen LogP contribution in [0.25, 0.3) is 11.3 Å². The van der Waals surface area contributed by atoms with Crippen molar-refractivity contribution in [3.05, 3.63) is 60.2 Å². The molecule has 1 saturated heterocycles. The Bertz CT molecular complexity index is 1180. The summed E-state index contributed by atoms with van der Waals surface area (Å²) in [4.78, 5) is 36.7. The summed E-state index contributed by atoms with van der Waals surface area (Å²) in [7, 11) is 0. The zero-order valence-electron chi connectivity index (χ0n) is 18.8. The van der Waals surface area contributed by atoms with Crippen LogP contribution >= 0.6 is 0 Å². The van der Waals surface area contributed by atoms with Crippen LogP contribution in [0.15, 0.2) is 48.9 Å². The van der Waals surface area contributed by atoms with E-state index in [2.05, 4.69) is 30.9 Å². The lowest BCUT2D eigenvalue weighted by atomic mass is 9.91. The predicted octanol–water partition coefficient (Wildman–Crippen LogP) is 3.70. The van der Waals surface area contributed by atoms with Crippen LogP contribution in [0.4, 0.5) is 16.3 Å². The van der Waals surface area contributed by atoms with E-state index in [1.807, 2.05) is 45.0 Å². The van der Waals surface area contributed by atoms with E-state index in [4.69, 9.17) is 4.74 Å². The molecule has 0 radical (unpaired) electrons. The molecule has 0 spiro atoms. The van der Waals surface area contributed by atoms with Crippen LogP contribution in [0.3, 0.4) is 0 Å². The molecule has 3 amide bonds. The second kappa shape index (κ2) is 9.23. The van der Waals surface area contributed by atoms with Crippen LogP contribution in [0.2, 0.25) is 0 Å². The van der Waals surface area contributed by atoms with Gasteiger partial charge in [0.25, 0.3) is 0 Å². The maximum atomic E-state index is 12.3. The predicted molar refractivity (Wildman–Crippen MR) is 125 cm³/mol. The SMILES string of the molecule is Cc1ccc(NC(=O)Nc2cncc(-c3ccc(OC[C@]4(C)CNC(=O)C4)c(C)c3)n2)cn1. The number of urea groups is 1. The lowest BCUT2D eigenvalue weighted by molar-refractivity contribution is -0.119. The third-order valence-corrected chi connectivity index (χ3v) is 5.39.